The highest BCUT2D eigenvalue weighted by molar-refractivity contribution is 5.76. The molecule has 5 heteroatoms. The number of hydrogen-bond donors (Lipinski definition) is 2. The molecule has 1 heterocycles. The van der Waals surface area contributed by atoms with Gasteiger partial charge in [0.05, 0.1) is 5.60 Å². The van der Waals surface area contributed by atoms with E-state index in [1.54, 1.807) is 0 Å². The molecule has 5 nitrogen and oxygen atoms in total. The van der Waals surface area contributed by atoms with Crippen LogP contribution in [0.4, 0.5) is 0 Å². The first-order valence-corrected chi connectivity index (χ1v) is 7.39. The fourth-order valence-electron chi connectivity index (χ4n) is 2.49. The summed E-state index contributed by atoms with van der Waals surface area (Å²) in [6.45, 7) is 9.71. The molecule has 3 N–H and O–H groups in total. The first-order chi connectivity index (χ1) is 9.04. The molecule has 0 saturated carbocycles. The van der Waals surface area contributed by atoms with E-state index in [2.05, 4.69) is 12.2 Å². The summed E-state index contributed by atoms with van der Waals surface area (Å²) in [5.74, 6) is 0.172. The molecule has 2 unspecified atom stereocenters. The van der Waals surface area contributed by atoms with Gasteiger partial charge < -0.3 is 20.7 Å². The van der Waals surface area contributed by atoms with Crippen LogP contribution in [0.15, 0.2) is 0 Å². The van der Waals surface area contributed by atoms with Crippen molar-refractivity contribution in [1.82, 2.24) is 10.2 Å². The second-order valence-corrected chi connectivity index (χ2v) is 5.49. The van der Waals surface area contributed by atoms with E-state index in [-0.39, 0.29) is 17.6 Å². The van der Waals surface area contributed by atoms with Crippen molar-refractivity contribution in [3.63, 3.8) is 0 Å². The summed E-state index contributed by atoms with van der Waals surface area (Å²) < 4.78 is 5.73. The van der Waals surface area contributed by atoms with E-state index >= 15 is 0 Å². The lowest BCUT2D eigenvalue weighted by Gasteiger charge is -2.28. The molecule has 112 valence electrons. The van der Waals surface area contributed by atoms with Crippen LogP contribution in [0.2, 0.25) is 0 Å². The average molecular weight is 271 g/mol. The maximum Gasteiger partial charge on any atom is 0.224 e. The van der Waals surface area contributed by atoms with Crippen molar-refractivity contribution in [3.05, 3.63) is 0 Å². The van der Waals surface area contributed by atoms with E-state index in [0.717, 1.165) is 39.1 Å². The van der Waals surface area contributed by atoms with E-state index in [4.69, 9.17) is 10.5 Å². The monoisotopic (exact) mass is 271 g/mol. The molecule has 1 amide bonds. The quantitative estimate of drug-likeness (QED) is 0.683. The lowest BCUT2D eigenvalue weighted by Crippen LogP contribution is -2.47. The topological polar surface area (TPSA) is 67.6 Å². The minimum atomic E-state index is -0.0916. The molecule has 0 aliphatic carbocycles. The number of ether oxygens (including phenoxy) is 1. The van der Waals surface area contributed by atoms with Crippen molar-refractivity contribution in [2.75, 3.05) is 32.8 Å². The largest absolute Gasteiger partial charge is 0.374 e. The number of nitrogens with two attached hydrogens (primary N) is 1. The minimum Gasteiger partial charge on any atom is -0.374 e. The van der Waals surface area contributed by atoms with Gasteiger partial charge in [-0.25, -0.2) is 0 Å². The van der Waals surface area contributed by atoms with Crippen LogP contribution in [0.5, 0.6) is 0 Å². The van der Waals surface area contributed by atoms with Gasteiger partial charge in [-0.1, -0.05) is 0 Å². The molecule has 1 aliphatic heterocycles. The summed E-state index contributed by atoms with van der Waals surface area (Å²) in [4.78, 5) is 13.9. The Bertz CT molecular complexity index is 274. The van der Waals surface area contributed by atoms with Gasteiger partial charge in [-0.3, -0.25) is 4.79 Å². The van der Waals surface area contributed by atoms with Crippen LogP contribution in [0.25, 0.3) is 0 Å². The predicted octanol–water partition coefficient (Wildman–Crippen LogP) is 0.731. The molecule has 1 saturated heterocycles. The molecule has 2 atom stereocenters. The molecule has 0 bridgehead atoms. The van der Waals surface area contributed by atoms with Crippen LogP contribution in [-0.4, -0.2) is 55.2 Å². The molecule has 1 rings (SSSR count). The Morgan fingerprint density at radius 3 is 2.63 bits per heavy atom. The zero-order valence-corrected chi connectivity index (χ0v) is 12.6. The van der Waals surface area contributed by atoms with E-state index in [1.165, 1.54) is 0 Å². The van der Waals surface area contributed by atoms with Crippen LogP contribution in [0, 0.1) is 0 Å². The maximum absolute atomic E-state index is 12.0. The van der Waals surface area contributed by atoms with Crippen LogP contribution in [0.3, 0.4) is 0 Å². The Labute approximate surface area is 116 Å². The summed E-state index contributed by atoms with van der Waals surface area (Å²) in [7, 11) is 0. The number of nitrogens with zero attached hydrogens (tertiary/aromatic N) is 1. The molecule has 0 aromatic rings. The number of hydrogen-bond acceptors (Lipinski definition) is 4. The second kappa shape index (κ2) is 7.82. The molecular weight excluding hydrogens is 242 g/mol. The highest BCUT2D eigenvalue weighted by Crippen LogP contribution is 2.24. The fourth-order valence-corrected chi connectivity index (χ4v) is 2.49. The van der Waals surface area contributed by atoms with Crippen molar-refractivity contribution in [3.8, 4) is 0 Å². The number of carbonyl (C=O) groups excluding carboxylic acids is 1. The van der Waals surface area contributed by atoms with Crippen LogP contribution >= 0.6 is 0 Å². The van der Waals surface area contributed by atoms with Crippen LogP contribution < -0.4 is 11.1 Å². The van der Waals surface area contributed by atoms with Crippen molar-refractivity contribution in [1.29, 1.82) is 0 Å². The van der Waals surface area contributed by atoms with Gasteiger partial charge in [-0.2, -0.15) is 0 Å². The van der Waals surface area contributed by atoms with Gasteiger partial charge in [-0.05, 0) is 33.6 Å². The minimum absolute atomic E-state index is 0.0362. The number of rotatable bonds is 8. The molecule has 1 aliphatic rings. The maximum atomic E-state index is 12.0. The third-order valence-electron chi connectivity index (χ3n) is 3.89. The Hall–Kier alpha value is -0.650. The molecule has 0 aromatic heterocycles. The van der Waals surface area contributed by atoms with Crippen LogP contribution in [-0.2, 0) is 9.53 Å². The zero-order chi connectivity index (χ0) is 14.3. The summed E-state index contributed by atoms with van der Waals surface area (Å²) >= 11 is 0. The predicted molar refractivity (Wildman–Crippen MR) is 77.0 cm³/mol. The standard InChI is InChI=1S/C14H29N3O2/c1-4-17(5-2)13(18)9-12(10-15)16-11-14(3)7-6-8-19-14/h12,16H,4-11,15H2,1-3H3. The lowest BCUT2D eigenvalue weighted by molar-refractivity contribution is -0.131. The second-order valence-electron chi connectivity index (χ2n) is 5.49. The molecular formula is C14H29N3O2. The molecule has 0 radical (unpaired) electrons. The van der Waals surface area contributed by atoms with E-state index in [0.29, 0.717) is 13.0 Å². The van der Waals surface area contributed by atoms with E-state index in [1.807, 2.05) is 18.7 Å². The Kier molecular flexibility index (Phi) is 6.75. The normalized spacial score (nSPS) is 24.4. The fraction of sp³-hybridized carbons (Fsp3) is 0.929. The SMILES string of the molecule is CCN(CC)C(=O)CC(CN)NCC1(C)CCCO1. The van der Waals surface area contributed by atoms with E-state index in [9.17, 15) is 4.79 Å². The van der Waals surface area contributed by atoms with Gasteiger partial charge in [0.25, 0.3) is 0 Å². The van der Waals surface area contributed by atoms with Gasteiger partial charge in [0.2, 0.25) is 5.91 Å². The molecule has 1 fully saturated rings. The van der Waals surface area contributed by atoms with Gasteiger partial charge in [-0.15, -0.1) is 0 Å². The molecule has 0 aromatic carbocycles. The summed E-state index contributed by atoms with van der Waals surface area (Å²) in [5, 5.41) is 3.39. The van der Waals surface area contributed by atoms with Crippen LogP contribution in [0.1, 0.15) is 40.0 Å². The first-order valence-electron chi connectivity index (χ1n) is 7.39. The molecule has 19 heavy (non-hydrogen) atoms. The molecule has 0 spiro atoms. The van der Waals surface area contributed by atoms with Gasteiger partial charge in [0.1, 0.15) is 0 Å². The van der Waals surface area contributed by atoms with Crippen molar-refractivity contribution >= 4 is 5.91 Å². The first kappa shape index (κ1) is 16.4. The van der Waals surface area contributed by atoms with Gasteiger partial charge >= 0.3 is 0 Å². The highest BCUT2D eigenvalue weighted by atomic mass is 16.5. The van der Waals surface area contributed by atoms with E-state index < -0.39 is 0 Å². The number of nitrogens with one attached hydrogen (secondary N) is 1. The van der Waals surface area contributed by atoms with Gasteiger partial charge in [0.15, 0.2) is 0 Å². The Morgan fingerprint density at radius 2 is 2.16 bits per heavy atom. The van der Waals surface area contributed by atoms with Crippen molar-refractivity contribution in [2.24, 2.45) is 5.73 Å². The zero-order valence-electron chi connectivity index (χ0n) is 12.6. The summed E-state index contributed by atoms with van der Waals surface area (Å²) in [5.41, 5.74) is 5.67. The third-order valence-corrected chi connectivity index (χ3v) is 3.89. The van der Waals surface area contributed by atoms with Crippen molar-refractivity contribution in [2.45, 2.75) is 51.7 Å². The smallest absolute Gasteiger partial charge is 0.224 e. The number of carbonyl (C=O) groups is 1. The lowest BCUT2D eigenvalue weighted by atomic mass is 10.0. The number of amides is 1. The summed E-state index contributed by atoms with van der Waals surface area (Å²) in [6.07, 6.45) is 2.65. The Balaban J connectivity index is 2.38. The summed E-state index contributed by atoms with van der Waals surface area (Å²) in [6, 6.07) is 0.0362. The Morgan fingerprint density at radius 1 is 1.47 bits per heavy atom. The van der Waals surface area contributed by atoms with Crippen molar-refractivity contribution < 1.29 is 9.53 Å². The third kappa shape index (κ3) is 5.09. The average Bonchev–Trinajstić information content (AvgIpc) is 2.83. The highest BCUT2D eigenvalue weighted by Gasteiger charge is 2.30. The van der Waals surface area contributed by atoms with Gasteiger partial charge in [0, 0.05) is 45.2 Å².